The monoisotopic (exact) mass is 381 g/mol. The van der Waals surface area contributed by atoms with E-state index in [1.54, 1.807) is 36.4 Å². The van der Waals surface area contributed by atoms with Gasteiger partial charge >= 0.3 is 12.1 Å². The molecule has 1 aliphatic carbocycles. The molecule has 2 atom stereocenters. The van der Waals surface area contributed by atoms with Crippen LogP contribution in [0.15, 0.2) is 36.4 Å². The third kappa shape index (κ3) is 3.57. The largest absolute Gasteiger partial charge is 0.493 e. The molecule has 0 fully saturated rings. The second-order valence-corrected chi connectivity index (χ2v) is 6.16. The summed E-state index contributed by atoms with van der Waals surface area (Å²) in [6, 6.07) is 9.03. The minimum atomic E-state index is -5.01. The number of aliphatic hydroxyl groups excluding tert-OH is 1. The number of nitrogens with one attached hydrogen (secondary N) is 1. The van der Waals surface area contributed by atoms with Gasteiger partial charge in [0.2, 0.25) is 0 Å². The molecule has 0 heterocycles. The second kappa shape index (κ2) is 7.11. The summed E-state index contributed by atoms with van der Waals surface area (Å²) in [5, 5.41) is 12.6. The highest BCUT2D eigenvalue weighted by Gasteiger charge is 2.41. The van der Waals surface area contributed by atoms with Crippen molar-refractivity contribution in [1.29, 1.82) is 0 Å². The SMILES string of the molecule is COc1cc2c(cc1OC)[C@H](O)C[C@@H](NC(=O)C(F)(F)F)c1ccccc1-2. The van der Waals surface area contributed by atoms with E-state index in [1.165, 1.54) is 14.2 Å². The number of amides is 1. The van der Waals surface area contributed by atoms with Gasteiger partial charge in [-0.25, -0.2) is 0 Å². The Morgan fingerprint density at radius 1 is 1.07 bits per heavy atom. The van der Waals surface area contributed by atoms with E-state index < -0.39 is 24.2 Å². The maximum Gasteiger partial charge on any atom is 0.471 e. The van der Waals surface area contributed by atoms with E-state index >= 15 is 0 Å². The smallest absolute Gasteiger partial charge is 0.471 e. The van der Waals surface area contributed by atoms with Crippen molar-refractivity contribution in [2.45, 2.75) is 24.7 Å². The molecule has 2 N–H and O–H groups in total. The summed E-state index contributed by atoms with van der Waals surface area (Å²) in [6.45, 7) is 0. The standard InChI is InChI=1S/C19H18F3NO4/c1-26-16-7-12-10-5-3-4-6-11(10)14(23-18(25)19(20,21)22)9-15(24)13(12)8-17(16)27-2/h3-8,14-15,24H,9H2,1-2H3,(H,23,25)/t14-,15-/m1/s1. The molecular formula is C19H18F3NO4. The van der Waals surface area contributed by atoms with E-state index in [0.29, 0.717) is 33.8 Å². The van der Waals surface area contributed by atoms with Crippen molar-refractivity contribution in [1.82, 2.24) is 5.32 Å². The first-order valence-electron chi connectivity index (χ1n) is 8.17. The van der Waals surface area contributed by atoms with Crippen molar-refractivity contribution in [3.8, 4) is 22.6 Å². The van der Waals surface area contributed by atoms with Gasteiger partial charge in [-0.05, 0) is 34.4 Å². The van der Waals surface area contributed by atoms with Crippen LogP contribution < -0.4 is 14.8 Å². The van der Waals surface area contributed by atoms with Gasteiger partial charge in [0, 0.05) is 6.42 Å². The summed E-state index contributed by atoms with van der Waals surface area (Å²) in [4.78, 5) is 11.5. The summed E-state index contributed by atoms with van der Waals surface area (Å²) in [5.41, 5.74) is 2.20. The predicted octanol–water partition coefficient (Wildman–Crippen LogP) is 3.53. The Labute approximate surface area is 153 Å². The molecule has 8 heteroatoms. The zero-order valence-electron chi connectivity index (χ0n) is 14.6. The van der Waals surface area contributed by atoms with E-state index in [0.717, 1.165) is 0 Å². The summed E-state index contributed by atoms with van der Waals surface area (Å²) >= 11 is 0. The predicted molar refractivity (Wildman–Crippen MR) is 91.5 cm³/mol. The lowest BCUT2D eigenvalue weighted by Gasteiger charge is -2.21. The Balaban J connectivity index is 2.14. The van der Waals surface area contributed by atoms with Crippen molar-refractivity contribution < 1.29 is 32.5 Å². The summed E-state index contributed by atoms with van der Waals surface area (Å²) in [6.07, 6.45) is -6.22. The maximum atomic E-state index is 12.7. The number of carbonyl (C=O) groups is 1. The minimum absolute atomic E-state index is 0.110. The topological polar surface area (TPSA) is 67.8 Å². The quantitative estimate of drug-likeness (QED) is 0.854. The van der Waals surface area contributed by atoms with Gasteiger partial charge in [0.15, 0.2) is 11.5 Å². The van der Waals surface area contributed by atoms with E-state index in [-0.39, 0.29) is 6.42 Å². The number of halogens is 3. The van der Waals surface area contributed by atoms with E-state index in [2.05, 4.69) is 0 Å². The Morgan fingerprint density at radius 2 is 1.70 bits per heavy atom. The summed E-state index contributed by atoms with van der Waals surface area (Å²) in [5.74, 6) is -1.22. The molecule has 0 saturated carbocycles. The van der Waals surface area contributed by atoms with Gasteiger partial charge in [0.25, 0.3) is 0 Å². The average molecular weight is 381 g/mol. The van der Waals surface area contributed by atoms with Crippen molar-refractivity contribution in [2.75, 3.05) is 14.2 Å². The van der Waals surface area contributed by atoms with Crippen LogP contribution in [-0.2, 0) is 4.79 Å². The third-order valence-corrected chi connectivity index (χ3v) is 4.56. The number of carbonyl (C=O) groups excluding carboxylic acids is 1. The molecule has 0 saturated heterocycles. The van der Waals surface area contributed by atoms with Gasteiger partial charge in [0.1, 0.15) is 0 Å². The summed E-state index contributed by atoms with van der Waals surface area (Å²) < 4.78 is 48.8. The number of aliphatic hydroxyl groups is 1. The highest BCUT2D eigenvalue weighted by Crippen LogP contribution is 2.45. The number of fused-ring (bicyclic) bond motifs is 3. The molecular weight excluding hydrogens is 363 g/mol. The van der Waals surface area contributed by atoms with Crippen LogP contribution in [0.2, 0.25) is 0 Å². The lowest BCUT2D eigenvalue weighted by Crippen LogP contribution is -2.39. The Bertz CT molecular complexity index is 867. The van der Waals surface area contributed by atoms with E-state index in [9.17, 15) is 23.1 Å². The van der Waals surface area contributed by atoms with Crippen molar-refractivity contribution >= 4 is 5.91 Å². The number of alkyl halides is 3. The Hall–Kier alpha value is -2.74. The van der Waals surface area contributed by atoms with E-state index in [4.69, 9.17) is 9.47 Å². The number of benzene rings is 2. The van der Waals surface area contributed by atoms with Crippen molar-refractivity contribution in [2.24, 2.45) is 0 Å². The van der Waals surface area contributed by atoms with Gasteiger partial charge in [-0.3, -0.25) is 4.79 Å². The fourth-order valence-corrected chi connectivity index (χ4v) is 3.30. The van der Waals surface area contributed by atoms with Crippen LogP contribution >= 0.6 is 0 Å². The number of ether oxygens (including phenoxy) is 2. The average Bonchev–Trinajstić information content (AvgIpc) is 2.75. The van der Waals surface area contributed by atoms with Crippen LogP contribution in [0.5, 0.6) is 11.5 Å². The van der Waals surface area contributed by atoms with Gasteiger partial charge in [-0.1, -0.05) is 24.3 Å². The van der Waals surface area contributed by atoms with Gasteiger partial charge in [-0.15, -0.1) is 0 Å². The molecule has 2 aromatic rings. The Kier molecular flexibility index (Phi) is 5.01. The number of hydrogen-bond acceptors (Lipinski definition) is 4. The number of methoxy groups -OCH3 is 2. The fraction of sp³-hybridized carbons (Fsp3) is 0.316. The maximum absolute atomic E-state index is 12.7. The van der Waals surface area contributed by atoms with Crippen LogP contribution in [0.1, 0.15) is 29.7 Å². The van der Waals surface area contributed by atoms with Gasteiger partial charge < -0.3 is 19.9 Å². The summed E-state index contributed by atoms with van der Waals surface area (Å²) in [7, 11) is 2.92. The first-order valence-corrected chi connectivity index (χ1v) is 8.17. The van der Waals surface area contributed by atoms with Gasteiger partial charge in [-0.2, -0.15) is 13.2 Å². The zero-order valence-corrected chi connectivity index (χ0v) is 14.6. The van der Waals surface area contributed by atoms with Crippen LogP contribution in [0.4, 0.5) is 13.2 Å². The lowest BCUT2D eigenvalue weighted by atomic mass is 9.94. The molecule has 5 nitrogen and oxygen atoms in total. The molecule has 0 radical (unpaired) electrons. The molecule has 0 aliphatic heterocycles. The molecule has 3 rings (SSSR count). The molecule has 0 bridgehead atoms. The van der Waals surface area contributed by atoms with Crippen LogP contribution in [0.25, 0.3) is 11.1 Å². The molecule has 1 aliphatic rings. The first kappa shape index (κ1) is 19.0. The number of rotatable bonds is 3. The first-order chi connectivity index (χ1) is 12.8. The number of hydrogen-bond donors (Lipinski definition) is 2. The molecule has 0 unspecified atom stereocenters. The van der Waals surface area contributed by atoms with Gasteiger partial charge in [0.05, 0.1) is 26.4 Å². The highest BCUT2D eigenvalue weighted by molar-refractivity contribution is 5.83. The molecule has 2 aromatic carbocycles. The van der Waals surface area contributed by atoms with Crippen LogP contribution in [0.3, 0.4) is 0 Å². The molecule has 0 spiro atoms. The molecule has 1 amide bonds. The minimum Gasteiger partial charge on any atom is -0.493 e. The fourth-order valence-electron chi connectivity index (χ4n) is 3.30. The van der Waals surface area contributed by atoms with Crippen molar-refractivity contribution in [3.63, 3.8) is 0 Å². The highest BCUT2D eigenvalue weighted by atomic mass is 19.4. The normalized spacial score (nSPS) is 18.7. The lowest BCUT2D eigenvalue weighted by molar-refractivity contribution is -0.174. The zero-order chi connectivity index (χ0) is 19.8. The van der Waals surface area contributed by atoms with E-state index in [1.807, 2.05) is 5.32 Å². The van der Waals surface area contributed by atoms with Crippen LogP contribution in [-0.4, -0.2) is 31.4 Å². The molecule has 27 heavy (non-hydrogen) atoms. The second-order valence-electron chi connectivity index (χ2n) is 6.16. The Morgan fingerprint density at radius 3 is 2.33 bits per heavy atom. The van der Waals surface area contributed by atoms with Crippen molar-refractivity contribution in [3.05, 3.63) is 47.5 Å². The molecule has 144 valence electrons. The van der Waals surface area contributed by atoms with Crippen LogP contribution in [0, 0.1) is 0 Å². The molecule has 0 aromatic heterocycles. The third-order valence-electron chi connectivity index (χ3n) is 4.56.